The molecule has 148 valence electrons. The Hall–Kier alpha value is -2.80. The highest BCUT2D eigenvalue weighted by Gasteiger charge is 2.24. The lowest BCUT2D eigenvalue weighted by molar-refractivity contribution is 0.621. The summed E-state index contributed by atoms with van der Waals surface area (Å²) in [6.45, 7) is 3.94. The van der Waals surface area contributed by atoms with Gasteiger partial charge in [0.1, 0.15) is 16.5 Å². The number of nitrogens with zero attached hydrogens (tertiary/aromatic N) is 6. The van der Waals surface area contributed by atoms with Crippen LogP contribution in [0.25, 0.3) is 21.6 Å². The van der Waals surface area contributed by atoms with Crippen molar-refractivity contribution in [1.82, 2.24) is 24.5 Å². The molecule has 0 atom stereocenters. The third-order valence-electron chi connectivity index (χ3n) is 5.64. The van der Waals surface area contributed by atoms with Gasteiger partial charge in [-0.05, 0) is 50.3 Å². The van der Waals surface area contributed by atoms with Gasteiger partial charge in [0.2, 0.25) is 0 Å². The van der Waals surface area contributed by atoms with E-state index < -0.39 is 0 Å². The first-order valence-corrected chi connectivity index (χ1v) is 10.9. The Morgan fingerprint density at radius 3 is 2.93 bits per heavy atom. The number of rotatable bonds is 6. The van der Waals surface area contributed by atoms with Crippen molar-refractivity contribution in [3.8, 4) is 11.4 Å². The zero-order valence-electron chi connectivity index (χ0n) is 16.8. The Labute approximate surface area is 174 Å². The number of thiophene rings is 1. The first-order chi connectivity index (χ1) is 14.2. The van der Waals surface area contributed by atoms with Crippen LogP contribution in [0.15, 0.2) is 36.9 Å². The van der Waals surface area contributed by atoms with Crippen LogP contribution in [0, 0.1) is 6.92 Å². The zero-order valence-corrected chi connectivity index (χ0v) is 17.6. The van der Waals surface area contributed by atoms with Gasteiger partial charge in [-0.15, -0.1) is 11.3 Å². The first kappa shape index (κ1) is 18.2. The number of imidazole rings is 1. The van der Waals surface area contributed by atoms with E-state index in [2.05, 4.69) is 26.5 Å². The standard InChI is InChI=1S/C22H24N6S/c1-15-24-10-13-28(15)12-5-11-27(2)21-19-17-7-3-8-18(17)29-22(19)26-20(25-21)16-6-4-9-23-14-16/h4,6,9-10,13-14H,3,5,7-8,11-12H2,1-2H3. The lowest BCUT2D eigenvalue weighted by Crippen LogP contribution is -2.22. The average molecular weight is 405 g/mol. The van der Waals surface area contributed by atoms with E-state index >= 15 is 0 Å². The van der Waals surface area contributed by atoms with Crippen molar-refractivity contribution in [3.05, 3.63) is 53.2 Å². The lowest BCUT2D eigenvalue weighted by Gasteiger charge is -2.20. The van der Waals surface area contributed by atoms with Gasteiger partial charge in [0.25, 0.3) is 0 Å². The van der Waals surface area contributed by atoms with Crippen LogP contribution in [-0.2, 0) is 19.4 Å². The maximum atomic E-state index is 5.02. The van der Waals surface area contributed by atoms with Gasteiger partial charge in [0.05, 0.1) is 5.39 Å². The molecule has 6 nitrogen and oxygen atoms in total. The first-order valence-electron chi connectivity index (χ1n) is 10.1. The second-order valence-corrected chi connectivity index (χ2v) is 8.68. The molecule has 0 N–H and O–H groups in total. The molecule has 0 aromatic carbocycles. The smallest absolute Gasteiger partial charge is 0.164 e. The summed E-state index contributed by atoms with van der Waals surface area (Å²) >= 11 is 1.84. The number of fused-ring (bicyclic) bond motifs is 3. The van der Waals surface area contributed by atoms with Crippen LogP contribution in [0.2, 0.25) is 0 Å². The van der Waals surface area contributed by atoms with Gasteiger partial charge in [0.15, 0.2) is 5.82 Å². The molecule has 0 unspecified atom stereocenters. The fourth-order valence-corrected chi connectivity index (χ4v) is 5.36. The quantitative estimate of drug-likeness (QED) is 0.480. The normalized spacial score (nSPS) is 13.2. The Kier molecular flexibility index (Phi) is 4.75. The molecule has 0 fully saturated rings. The largest absolute Gasteiger partial charge is 0.359 e. The number of anilines is 1. The summed E-state index contributed by atoms with van der Waals surface area (Å²) < 4.78 is 2.20. The van der Waals surface area contributed by atoms with Crippen molar-refractivity contribution >= 4 is 27.4 Å². The van der Waals surface area contributed by atoms with Crippen molar-refractivity contribution in [1.29, 1.82) is 0 Å². The average Bonchev–Trinajstić information content (AvgIpc) is 3.44. The van der Waals surface area contributed by atoms with E-state index in [1.165, 1.54) is 28.7 Å². The second kappa shape index (κ2) is 7.55. The number of aryl methyl sites for hydroxylation is 4. The molecule has 0 spiro atoms. The minimum absolute atomic E-state index is 0.762. The molecule has 4 aromatic heterocycles. The molecule has 4 heterocycles. The minimum atomic E-state index is 0.762. The van der Waals surface area contributed by atoms with Crippen LogP contribution < -0.4 is 4.90 Å². The summed E-state index contributed by atoms with van der Waals surface area (Å²) in [6, 6.07) is 3.97. The SMILES string of the molecule is Cc1nccn1CCCN(C)c1nc(-c2cccnc2)nc2sc3c(c12)CCC3. The third-order valence-corrected chi connectivity index (χ3v) is 6.83. The van der Waals surface area contributed by atoms with Crippen LogP contribution in [0.1, 0.15) is 29.1 Å². The fraction of sp³-hybridized carbons (Fsp3) is 0.364. The topological polar surface area (TPSA) is 59.7 Å². The number of hydrogen-bond donors (Lipinski definition) is 0. The third kappa shape index (κ3) is 3.40. The van der Waals surface area contributed by atoms with E-state index in [1.807, 2.05) is 49.0 Å². The molecular weight excluding hydrogens is 380 g/mol. The van der Waals surface area contributed by atoms with E-state index in [9.17, 15) is 0 Å². The number of pyridine rings is 1. The summed E-state index contributed by atoms with van der Waals surface area (Å²) in [5.41, 5.74) is 2.43. The van der Waals surface area contributed by atoms with E-state index in [0.29, 0.717) is 0 Å². The molecule has 4 aromatic rings. The van der Waals surface area contributed by atoms with Gasteiger partial charge in [0, 0.05) is 55.4 Å². The Bertz CT molecular complexity index is 1150. The predicted molar refractivity (Wildman–Crippen MR) is 118 cm³/mol. The van der Waals surface area contributed by atoms with Gasteiger partial charge < -0.3 is 9.47 Å². The van der Waals surface area contributed by atoms with Gasteiger partial charge in [-0.3, -0.25) is 4.98 Å². The minimum Gasteiger partial charge on any atom is -0.359 e. The summed E-state index contributed by atoms with van der Waals surface area (Å²) in [5, 5.41) is 1.26. The molecule has 0 amide bonds. The van der Waals surface area contributed by atoms with Crippen LogP contribution in [0.5, 0.6) is 0 Å². The van der Waals surface area contributed by atoms with Crippen LogP contribution in [0.3, 0.4) is 0 Å². The van der Waals surface area contributed by atoms with Crippen molar-refractivity contribution in [3.63, 3.8) is 0 Å². The summed E-state index contributed by atoms with van der Waals surface area (Å²) in [4.78, 5) is 23.4. The molecule has 5 rings (SSSR count). The molecule has 0 aliphatic heterocycles. The summed E-state index contributed by atoms with van der Waals surface area (Å²) in [5.74, 6) is 2.88. The molecular formula is C22H24N6S. The van der Waals surface area contributed by atoms with E-state index in [-0.39, 0.29) is 0 Å². The van der Waals surface area contributed by atoms with Gasteiger partial charge in [-0.1, -0.05) is 0 Å². The van der Waals surface area contributed by atoms with Crippen molar-refractivity contribution in [2.45, 2.75) is 39.2 Å². The molecule has 0 saturated carbocycles. The molecule has 1 aliphatic carbocycles. The molecule has 0 radical (unpaired) electrons. The number of aromatic nitrogens is 5. The van der Waals surface area contributed by atoms with Crippen molar-refractivity contribution in [2.75, 3.05) is 18.5 Å². The lowest BCUT2D eigenvalue weighted by atomic mass is 10.1. The highest BCUT2D eigenvalue weighted by atomic mass is 32.1. The highest BCUT2D eigenvalue weighted by Crippen LogP contribution is 2.41. The monoisotopic (exact) mass is 404 g/mol. The predicted octanol–water partition coefficient (Wildman–Crippen LogP) is 4.27. The molecule has 0 bridgehead atoms. The molecule has 29 heavy (non-hydrogen) atoms. The maximum absolute atomic E-state index is 5.02. The van der Waals surface area contributed by atoms with Crippen molar-refractivity contribution < 1.29 is 0 Å². The summed E-state index contributed by atoms with van der Waals surface area (Å²) in [7, 11) is 2.15. The van der Waals surface area contributed by atoms with Gasteiger partial charge in [-0.25, -0.2) is 15.0 Å². The molecule has 7 heteroatoms. The fourth-order valence-electron chi connectivity index (χ4n) is 4.10. The maximum Gasteiger partial charge on any atom is 0.164 e. The Morgan fingerprint density at radius 1 is 1.21 bits per heavy atom. The zero-order chi connectivity index (χ0) is 19.8. The second-order valence-electron chi connectivity index (χ2n) is 7.59. The Balaban J connectivity index is 1.49. The summed E-state index contributed by atoms with van der Waals surface area (Å²) in [6.07, 6.45) is 12.1. The number of hydrogen-bond acceptors (Lipinski definition) is 6. The van der Waals surface area contributed by atoms with Gasteiger partial charge >= 0.3 is 0 Å². The van der Waals surface area contributed by atoms with Crippen molar-refractivity contribution in [2.24, 2.45) is 0 Å². The Morgan fingerprint density at radius 2 is 2.14 bits per heavy atom. The van der Waals surface area contributed by atoms with Crippen LogP contribution in [0.4, 0.5) is 5.82 Å². The van der Waals surface area contributed by atoms with E-state index in [4.69, 9.17) is 9.97 Å². The molecule has 1 aliphatic rings. The van der Waals surface area contributed by atoms with Crippen LogP contribution in [-0.4, -0.2) is 38.1 Å². The highest BCUT2D eigenvalue weighted by molar-refractivity contribution is 7.19. The van der Waals surface area contributed by atoms with Gasteiger partial charge in [-0.2, -0.15) is 0 Å². The molecule has 0 saturated heterocycles. The van der Waals surface area contributed by atoms with E-state index in [1.54, 1.807) is 6.20 Å². The van der Waals surface area contributed by atoms with Crippen LogP contribution >= 0.6 is 11.3 Å². The van der Waals surface area contributed by atoms with E-state index in [0.717, 1.165) is 53.8 Å².